The van der Waals surface area contributed by atoms with Gasteiger partial charge < -0.3 is 29.3 Å². The monoisotopic (exact) mass is 543 g/mol. The van der Waals surface area contributed by atoms with Gasteiger partial charge in [-0.15, -0.1) is 0 Å². The molecule has 1 unspecified atom stereocenters. The number of hydrogen-bond donors (Lipinski definition) is 1. The summed E-state index contributed by atoms with van der Waals surface area (Å²) in [5, 5.41) is 9.86. The predicted octanol–water partition coefficient (Wildman–Crippen LogP) is 2.16. The highest BCUT2D eigenvalue weighted by Crippen LogP contribution is 2.53. The molecule has 2 aromatic rings. The number of hydrogen-bond acceptors (Lipinski definition) is 6. The first kappa shape index (κ1) is 26.3. The number of likely N-dealkylation sites (tertiary alicyclic amines) is 1. The molecule has 0 saturated carbocycles. The molecule has 6 rings (SSSR count). The molecule has 2 aromatic carbocycles. The lowest BCUT2D eigenvalue weighted by Crippen LogP contribution is -2.55. The summed E-state index contributed by atoms with van der Waals surface area (Å²) >= 11 is 0. The molecule has 1 spiro atoms. The molecule has 40 heavy (non-hydrogen) atoms. The number of fused-ring (bicyclic) bond motifs is 2. The van der Waals surface area contributed by atoms with Gasteiger partial charge in [0.1, 0.15) is 17.4 Å². The minimum atomic E-state index is -1.31. The van der Waals surface area contributed by atoms with Crippen LogP contribution in [0.4, 0.5) is 5.69 Å². The average molecular weight is 544 g/mol. The first-order chi connectivity index (χ1) is 19.5. The van der Waals surface area contributed by atoms with E-state index in [2.05, 4.69) is 0 Å². The Morgan fingerprint density at radius 3 is 2.48 bits per heavy atom. The number of carbonyl (C=O) groups is 3. The summed E-state index contributed by atoms with van der Waals surface area (Å²) < 4.78 is 12.2. The molecule has 3 amide bonds. The van der Waals surface area contributed by atoms with Crippen LogP contribution in [0.25, 0.3) is 0 Å². The number of nitrogens with zero attached hydrogens (tertiary/aromatic N) is 3. The van der Waals surface area contributed by atoms with Crippen molar-refractivity contribution in [3.05, 3.63) is 84.5 Å². The summed E-state index contributed by atoms with van der Waals surface area (Å²) in [6.07, 6.45) is 6.75. The molecular formula is C31H33N3O6. The van der Waals surface area contributed by atoms with Gasteiger partial charge in [0.05, 0.1) is 31.2 Å². The maximum absolute atomic E-state index is 14.2. The van der Waals surface area contributed by atoms with Crippen LogP contribution in [0.3, 0.4) is 0 Å². The molecule has 9 nitrogen and oxygen atoms in total. The highest BCUT2D eigenvalue weighted by atomic mass is 16.5. The third kappa shape index (κ3) is 4.20. The summed E-state index contributed by atoms with van der Waals surface area (Å²) in [5.74, 6) is -1.84. The molecule has 208 valence electrons. The summed E-state index contributed by atoms with van der Waals surface area (Å²) in [4.78, 5) is 47.1. The van der Waals surface area contributed by atoms with E-state index in [-0.39, 0.29) is 30.9 Å². The van der Waals surface area contributed by atoms with Crippen LogP contribution in [0, 0.1) is 11.8 Å². The molecule has 0 radical (unpaired) electrons. The number of carbonyl (C=O) groups excluding carboxylic acids is 3. The Balaban J connectivity index is 1.36. The van der Waals surface area contributed by atoms with E-state index < -0.39 is 29.6 Å². The van der Waals surface area contributed by atoms with Gasteiger partial charge in [0.25, 0.3) is 0 Å². The normalized spacial score (nSPS) is 29.2. The van der Waals surface area contributed by atoms with E-state index in [0.717, 1.165) is 5.56 Å². The fraction of sp³-hybridized carbons (Fsp3) is 0.387. The Morgan fingerprint density at radius 1 is 0.975 bits per heavy atom. The van der Waals surface area contributed by atoms with Crippen molar-refractivity contribution < 1.29 is 29.0 Å². The predicted molar refractivity (Wildman–Crippen MR) is 147 cm³/mol. The lowest BCUT2D eigenvalue weighted by molar-refractivity contribution is -0.147. The van der Waals surface area contributed by atoms with Gasteiger partial charge in [-0.05, 0) is 36.8 Å². The molecule has 4 aliphatic heterocycles. The summed E-state index contributed by atoms with van der Waals surface area (Å²) in [6, 6.07) is 16.0. The second kappa shape index (κ2) is 10.6. The highest BCUT2D eigenvalue weighted by Gasteiger charge is 2.71. The molecule has 0 aromatic heterocycles. The Hall–Kier alpha value is -3.95. The first-order valence-corrected chi connectivity index (χ1v) is 13.8. The molecule has 1 N–H and O–H groups in total. The maximum Gasteiger partial charge on any atom is 0.249 e. The number of anilines is 1. The minimum absolute atomic E-state index is 0.0200. The van der Waals surface area contributed by atoms with Gasteiger partial charge in [0, 0.05) is 31.9 Å². The quantitative estimate of drug-likeness (QED) is 0.538. The lowest BCUT2D eigenvalue weighted by Gasteiger charge is -2.35. The van der Waals surface area contributed by atoms with Crippen molar-refractivity contribution in [1.29, 1.82) is 0 Å². The number of aliphatic hydroxyl groups is 1. The summed E-state index contributed by atoms with van der Waals surface area (Å²) in [5.41, 5.74) is 0.346. The van der Waals surface area contributed by atoms with Crippen molar-refractivity contribution in [3.8, 4) is 5.75 Å². The summed E-state index contributed by atoms with van der Waals surface area (Å²) in [6.45, 7) is 3.18. The van der Waals surface area contributed by atoms with Gasteiger partial charge in [-0.1, -0.05) is 54.6 Å². The van der Waals surface area contributed by atoms with Crippen LogP contribution in [0.15, 0.2) is 78.9 Å². The van der Waals surface area contributed by atoms with Crippen molar-refractivity contribution in [1.82, 2.24) is 9.80 Å². The first-order valence-electron chi connectivity index (χ1n) is 13.8. The second-order valence-electron chi connectivity index (χ2n) is 10.5. The van der Waals surface area contributed by atoms with Crippen molar-refractivity contribution in [2.45, 2.75) is 31.2 Å². The van der Waals surface area contributed by atoms with Crippen LogP contribution in [0.2, 0.25) is 0 Å². The number of amides is 3. The van der Waals surface area contributed by atoms with Crippen molar-refractivity contribution in [2.75, 3.05) is 37.7 Å². The van der Waals surface area contributed by atoms with Crippen LogP contribution in [0.1, 0.15) is 12.5 Å². The standard InChI is InChI=1S/C31H33N3O6/c1-2-39-23-13-11-22(12-14-23)33-17-6-10-24-25(28(33)36)26-29(37)34(18-19-35)27-30(38)32(16-7-15-31(26,27)40-24)20-21-8-4-3-5-9-21/h3-15,24-27,35H,2,16-20H2,1H3/t24-,25+,26-,27?,31-/m0/s1. The van der Waals surface area contributed by atoms with Crippen LogP contribution in [0.5, 0.6) is 5.75 Å². The van der Waals surface area contributed by atoms with Crippen molar-refractivity contribution in [3.63, 3.8) is 0 Å². The van der Waals surface area contributed by atoms with Crippen LogP contribution < -0.4 is 9.64 Å². The van der Waals surface area contributed by atoms with E-state index in [1.165, 1.54) is 4.90 Å². The largest absolute Gasteiger partial charge is 0.494 e. The molecule has 2 fully saturated rings. The molecule has 9 heteroatoms. The zero-order chi connectivity index (χ0) is 27.9. The van der Waals surface area contributed by atoms with Crippen molar-refractivity contribution >= 4 is 23.4 Å². The zero-order valence-corrected chi connectivity index (χ0v) is 22.4. The molecule has 0 aliphatic carbocycles. The number of ether oxygens (including phenoxy) is 2. The average Bonchev–Trinajstić information content (AvgIpc) is 3.27. The highest BCUT2D eigenvalue weighted by molar-refractivity contribution is 6.03. The number of β-amino-alcohol motifs (C(OH)–C–C–N with tert-alkyl or cyclic N) is 1. The molecular weight excluding hydrogens is 510 g/mol. The number of aliphatic hydroxyl groups excluding tert-OH is 1. The summed E-state index contributed by atoms with van der Waals surface area (Å²) in [7, 11) is 0. The lowest BCUT2D eigenvalue weighted by atomic mass is 9.77. The van der Waals surface area contributed by atoms with E-state index in [9.17, 15) is 19.5 Å². The fourth-order valence-corrected chi connectivity index (χ4v) is 6.60. The van der Waals surface area contributed by atoms with Crippen LogP contribution in [-0.4, -0.2) is 83.2 Å². The van der Waals surface area contributed by atoms with Gasteiger partial charge in [-0.2, -0.15) is 0 Å². The SMILES string of the molecule is CCOc1ccc(N2CC=C[C@@H]3O[C@]45C=CCN(Cc6ccccc6)C(=O)C4N(CCO)C(=O)[C@@H]5[C@@H]3C2=O)cc1. The molecule has 4 aliphatic rings. The molecule has 0 bridgehead atoms. The second-order valence-corrected chi connectivity index (χ2v) is 10.5. The Kier molecular flexibility index (Phi) is 6.93. The minimum Gasteiger partial charge on any atom is -0.494 e. The van der Waals surface area contributed by atoms with Crippen LogP contribution >= 0.6 is 0 Å². The van der Waals surface area contributed by atoms with E-state index in [1.54, 1.807) is 9.80 Å². The topological polar surface area (TPSA) is 99.6 Å². The Morgan fingerprint density at radius 2 is 1.75 bits per heavy atom. The third-order valence-corrected chi connectivity index (χ3v) is 8.26. The van der Waals surface area contributed by atoms with E-state index in [1.807, 2.05) is 85.8 Å². The van der Waals surface area contributed by atoms with Gasteiger partial charge >= 0.3 is 0 Å². The van der Waals surface area contributed by atoms with Gasteiger partial charge in [-0.25, -0.2) is 0 Å². The third-order valence-electron chi connectivity index (χ3n) is 8.26. The smallest absolute Gasteiger partial charge is 0.249 e. The van der Waals surface area contributed by atoms with E-state index in [0.29, 0.717) is 37.7 Å². The van der Waals surface area contributed by atoms with Crippen LogP contribution in [-0.2, 0) is 25.7 Å². The molecule has 2 saturated heterocycles. The number of rotatable bonds is 7. The molecule has 5 atom stereocenters. The zero-order valence-electron chi connectivity index (χ0n) is 22.4. The van der Waals surface area contributed by atoms with Gasteiger partial charge in [0.2, 0.25) is 17.7 Å². The fourth-order valence-electron chi connectivity index (χ4n) is 6.60. The van der Waals surface area contributed by atoms with E-state index >= 15 is 0 Å². The van der Waals surface area contributed by atoms with E-state index in [4.69, 9.17) is 9.47 Å². The van der Waals surface area contributed by atoms with Gasteiger partial charge in [-0.3, -0.25) is 14.4 Å². The maximum atomic E-state index is 14.2. The van der Waals surface area contributed by atoms with Gasteiger partial charge in [0.15, 0.2) is 0 Å². The Bertz CT molecular complexity index is 1340. The molecule has 4 heterocycles. The van der Waals surface area contributed by atoms with Crippen molar-refractivity contribution in [2.24, 2.45) is 11.8 Å². The number of benzene rings is 2. The Labute approximate surface area is 233 Å².